The Morgan fingerprint density at radius 3 is 2.76 bits per heavy atom. The van der Waals surface area contributed by atoms with Gasteiger partial charge in [0.05, 0.1) is 16.6 Å². The van der Waals surface area contributed by atoms with Crippen molar-refractivity contribution in [3.05, 3.63) is 36.5 Å². The first-order valence-electron chi connectivity index (χ1n) is 5.76. The van der Waals surface area contributed by atoms with Crippen molar-refractivity contribution in [2.24, 2.45) is 5.84 Å². The Bertz CT molecular complexity index is 879. The Morgan fingerprint density at radius 1 is 1.19 bits per heavy atom. The van der Waals surface area contributed by atoms with Crippen molar-refractivity contribution < 1.29 is 8.42 Å². The van der Waals surface area contributed by atoms with Crippen molar-refractivity contribution in [2.45, 2.75) is 4.90 Å². The van der Waals surface area contributed by atoms with E-state index in [0.29, 0.717) is 21.7 Å². The predicted octanol–water partition coefficient (Wildman–Crippen LogP) is 1.17. The van der Waals surface area contributed by atoms with Crippen molar-refractivity contribution in [1.29, 1.82) is 0 Å². The molecule has 0 unspecified atom stereocenters. The molecular weight excluding hydrogens is 312 g/mol. The second-order valence-corrected chi connectivity index (χ2v) is 6.55. The number of fused-ring (bicyclic) bond motifs is 1. The third-order valence-electron chi connectivity index (χ3n) is 2.72. The number of nitrogens with zero attached hydrogens (tertiary/aromatic N) is 3. The van der Waals surface area contributed by atoms with Crippen LogP contribution >= 0.6 is 11.5 Å². The molecule has 0 saturated heterocycles. The molecule has 0 aliphatic heterocycles. The van der Waals surface area contributed by atoms with Crippen LogP contribution in [0.3, 0.4) is 0 Å². The second-order valence-electron chi connectivity index (χ2n) is 4.08. The maximum atomic E-state index is 12.3. The summed E-state index contributed by atoms with van der Waals surface area (Å²) < 4.78 is 30.5. The van der Waals surface area contributed by atoms with Crippen LogP contribution in [0.4, 0.5) is 10.8 Å². The lowest BCUT2D eigenvalue weighted by Crippen LogP contribution is -2.12. The summed E-state index contributed by atoms with van der Waals surface area (Å²) in [5, 5.41) is 4.63. The number of rotatable bonds is 4. The molecule has 0 fully saturated rings. The largest absolute Gasteiger partial charge is 0.308 e. The molecule has 0 aliphatic rings. The molecule has 2 aromatic heterocycles. The number of hydrazine groups is 1. The zero-order valence-corrected chi connectivity index (χ0v) is 12.1. The Labute approximate surface area is 124 Å². The molecule has 0 radical (unpaired) electrons. The number of hydrogen-bond donors (Lipinski definition) is 3. The van der Waals surface area contributed by atoms with Crippen molar-refractivity contribution in [1.82, 2.24) is 14.6 Å². The minimum absolute atomic E-state index is 0.138. The van der Waals surface area contributed by atoms with Gasteiger partial charge in [-0.05, 0) is 30.3 Å². The van der Waals surface area contributed by atoms with E-state index >= 15 is 0 Å². The van der Waals surface area contributed by atoms with Crippen molar-refractivity contribution >= 4 is 43.3 Å². The maximum Gasteiger partial charge on any atom is 0.262 e. The zero-order chi connectivity index (χ0) is 14.9. The maximum absolute atomic E-state index is 12.3. The van der Waals surface area contributed by atoms with Crippen LogP contribution in [-0.2, 0) is 10.0 Å². The smallest absolute Gasteiger partial charge is 0.262 e. The minimum Gasteiger partial charge on any atom is -0.308 e. The minimum atomic E-state index is -3.68. The Morgan fingerprint density at radius 2 is 2.05 bits per heavy atom. The SMILES string of the molecule is NNc1ccc2cc(S(=O)(=O)Nc3cnns3)ccc2n1. The van der Waals surface area contributed by atoms with Crippen molar-refractivity contribution in [3.8, 4) is 0 Å². The summed E-state index contributed by atoms with van der Waals surface area (Å²) in [5.41, 5.74) is 3.08. The summed E-state index contributed by atoms with van der Waals surface area (Å²) in [5.74, 6) is 5.79. The predicted molar refractivity (Wildman–Crippen MR) is 80.3 cm³/mol. The number of nitrogen functional groups attached to an aromatic ring is 1. The van der Waals surface area contributed by atoms with Crippen molar-refractivity contribution in [3.63, 3.8) is 0 Å². The summed E-state index contributed by atoms with van der Waals surface area (Å²) >= 11 is 0.967. The first-order chi connectivity index (χ1) is 10.1. The molecule has 0 spiro atoms. The third kappa shape index (κ3) is 2.77. The van der Waals surface area contributed by atoms with Crippen LogP contribution in [0.25, 0.3) is 10.9 Å². The molecular formula is C11H10N6O2S2. The first-order valence-corrected chi connectivity index (χ1v) is 8.02. The summed E-state index contributed by atoms with van der Waals surface area (Å²) in [6.07, 6.45) is 1.35. The Kier molecular flexibility index (Phi) is 3.41. The lowest BCUT2D eigenvalue weighted by molar-refractivity contribution is 0.601. The summed E-state index contributed by atoms with van der Waals surface area (Å²) in [7, 11) is -3.68. The molecule has 4 N–H and O–H groups in total. The van der Waals surface area contributed by atoms with Gasteiger partial charge in [0.1, 0.15) is 10.8 Å². The molecule has 0 amide bonds. The highest BCUT2D eigenvalue weighted by molar-refractivity contribution is 7.93. The van der Waals surface area contributed by atoms with Crippen LogP contribution in [0.5, 0.6) is 0 Å². The number of benzene rings is 1. The molecule has 21 heavy (non-hydrogen) atoms. The average Bonchev–Trinajstić information content (AvgIpc) is 2.98. The van der Waals surface area contributed by atoms with Gasteiger partial charge in [0, 0.05) is 16.9 Å². The number of anilines is 2. The summed E-state index contributed by atoms with van der Waals surface area (Å²) in [4.78, 5) is 4.36. The number of sulfonamides is 1. The first kappa shape index (κ1) is 13.7. The fraction of sp³-hybridized carbons (Fsp3) is 0. The van der Waals surface area contributed by atoms with Gasteiger partial charge in [-0.25, -0.2) is 19.2 Å². The molecule has 108 valence electrons. The standard InChI is InChI=1S/C11H10N6O2S2/c12-15-10-4-1-7-5-8(2-3-9(7)14-10)21(18,19)16-11-6-13-17-20-11/h1-6,16H,12H2,(H,14,15). The molecule has 1 aromatic carbocycles. The highest BCUT2D eigenvalue weighted by Crippen LogP contribution is 2.22. The fourth-order valence-electron chi connectivity index (χ4n) is 1.75. The summed E-state index contributed by atoms with van der Waals surface area (Å²) in [6, 6.07) is 8.05. The van der Waals surface area contributed by atoms with Gasteiger partial charge in [-0.15, -0.1) is 5.10 Å². The molecule has 2 heterocycles. The van der Waals surface area contributed by atoms with Gasteiger partial charge in [0.25, 0.3) is 10.0 Å². The van der Waals surface area contributed by atoms with E-state index in [1.165, 1.54) is 12.3 Å². The molecule has 0 saturated carbocycles. The Hall–Kier alpha value is -2.30. The van der Waals surface area contributed by atoms with E-state index in [9.17, 15) is 8.42 Å². The lowest BCUT2D eigenvalue weighted by atomic mass is 10.2. The highest BCUT2D eigenvalue weighted by Gasteiger charge is 2.16. The van der Waals surface area contributed by atoms with E-state index in [2.05, 4.69) is 24.7 Å². The van der Waals surface area contributed by atoms with E-state index < -0.39 is 10.0 Å². The third-order valence-corrected chi connectivity index (χ3v) is 4.79. The Balaban J connectivity index is 2.00. The number of nitrogens with two attached hydrogens (primary N) is 1. The van der Waals surface area contributed by atoms with Gasteiger partial charge in [-0.2, -0.15) is 0 Å². The van der Waals surface area contributed by atoms with Crippen LogP contribution in [-0.4, -0.2) is 23.0 Å². The van der Waals surface area contributed by atoms with Gasteiger partial charge < -0.3 is 5.43 Å². The van der Waals surface area contributed by atoms with Gasteiger partial charge >= 0.3 is 0 Å². The van der Waals surface area contributed by atoms with Crippen LogP contribution in [0.2, 0.25) is 0 Å². The van der Waals surface area contributed by atoms with Crippen LogP contribution in [0.1, 0.15) is 0 Å². The number of nitrogens with one attached hydrogen (secondary N) is 2. The van der Waals surface area contributed by atoms with Gasteiger partial charge in [-0.1, -0.05) is 4.49 Å². The van der Waals surface area contributed by atoms with E-state index in [1.54, 1.807) is 24.3 Å². The highest BCUT2D eigenvalue weighted by atomic mass is 32.2. The molecule has 0 bridgehead atoms. The molecule has 0 atom stereocenters. The lowest BCUT2D eigenvalue weighted by Gasteiger charge is -2.07. The average molecular weight is 322 g/mol. The van der Waals surface area contributed by atoms with E-state index in [0.717, 1.165) is 11.5 Å². The zero-order valence-electron chi connectivity index (χ0n) is 10.5. The molecule has 3 aromatic rings. The normalized spacial score (nSPS) is 11.5. The van der Waals surface area contributed by atoms with E-state index in [4.69, 9.17) is 5.84 Å². The number of pyridine rings is 1. The van der Waals surface area contributed by atoms with Crippen LogP contribution in [0.15, 0.2) is 41.4 Å². The van der Waals surface area contributed by atoms with Crippen LogP contribution in [0, 0.1) is 0 Å². The van der Waals surface area contributed by atoms with Gasteiger partial charge in [0.2, 0.25) is 0 Å². The van der Waals surface area contributed by atoms with E-state index in [-0.39, 0.29) is 4.90 Å². The van der Waals surface area contributed by atoms with Crippen LogP contribution < -0.4 is 16.0 Å². The topological polar surface area (TPSA) is 123 Å². The quantitative estimate of drug-likeness (QED) is 0.486. The fourth-order valence-corrected chi connectivity index (χ4v) is 3.47. The van der Waals surface area contributed by atoms with Gasteiger partial charge in [-0.3, -0.25) is 4.72 Å². The summed E-state index contributed by atoms with van der Waals surface area (Å²) in [6.45, 7) is 0. The molecule has 10 heteroatoms. The monoisotopic (exact) mass is 322 g/mol. The molecule has 3 rings (SSSR count). The number of aromatic nitrogens is 3. The number of hydrogen-bond acceptors (Lipinski definition) is 8. The van der Waals surface area contributed by atoms with E-state index in [1.807, 2.05) is 0 Å². The second kappa shape index (κ2) is 5.24. The molecule has 0 aliphatic carbocycles. The molecule has 8 nitrogen and oxygen atoms in total. The van der Waals surface area contributed by atoms with Crippen molar-refractivity contribution in [2.75, 3.05) is 10.1 Å². The van der Waals surface area contributed by atoms with Gasteiger partial charge in [0.15, 0.2) is 0 Å².